The summed E-state index contributed by atoms with van der Waals surface area (Å²) in [5, 5.41) is 8.44. The molecule has 1 aliphatic rings. The minimum Gasteiger partial charge on any atom is -0.326 e. The number of carbonyl (C=O) groups excluding carboxylic acids is 1. The van der Waals surface area contributed by atoms with Crippen LogP contribution < -0.4 is 10.5 Å². The zero-order valence-electron chi connectivity index (χ0n) is 12.2. The molecular formula is C14H20ClN3O3S. The van der Waals surface area contributed by atoms with Crippen LogP contribution >= 0.6 is 11.6 Å². The first-order chi connectivity index (χ1) is 10.3. The van der Waals surface area contributed by atoms with Gasteiger partial charge >= 0.3 is 0 Å². The van der Waals surface area contributed by atoms with E-state index in [2.05, 4.69) is 5.32 Å². The van der Waals surface area contributed by atoms with Gasteiger partial charge in [0.2, 0.25) is 15.9 Å². The molecule has 1 atom stereocenters. The number of benzene rings is 1. The normalized spacial score (nSPS) is 19.3. The Bertz CT molecular complexity index is 636. The fourth-order valence-corrected chi connectivity index (χ4v) is 3.79. The SMILES string of the molecule is NS(=O)(=O)CC1CCCN1CCC(=O)Nc1cccc(Cl)c1. The number of sulfonamides is 1. The van der Waals surface area contributed by atoms with Crippen LogP contribution in [-0.2, 0) is 14.8 Å². The van der Waals surface area contributed by atoms with Gasteiger partial charge in [0.25, 0.3) is 0 Å². The Morgan fingerprint density at radius 3 is 2.91 bits per heavy atom. The van der Waals surface area contributed by atoms with Crippen molar-refractivity contribution in [2.75, 3.05) is 24.2 Å². The number of hydrogen-bond donors (Lipinski definition) is 2. The standard InChI is InChI=1S/C14H20ClN3O3S/c15-11-3-1-4-12(9-11)17-14(19)6-8-18-7-2-5-13(18)10-22(16,20)21/h1,3-4,9,13H,2,5-8,10H2,(H,17,19)(H2,16,20,21). The number of primary sulfonamides is 1. The van der Waals surface area contributed by atoms with Crippen LogP contribution in [0.2, 0.25) is 5.02 Å². The lowest BCUT2D eigenvalue weighted by molar-refractivity contribution is -0.116. The molecule has 3 N–H and O–H groups in total. The zero-order valence-corrected chi connectivity index (χ0v) is 13.7. The molecule has 1 saturated heterocycles. The molecule has 1 aromatic carbocycles. The molecule has 8 heteroatoms. The smallest absolute Gasteiger partial charge is 0.225 e. The van der Waals surface area contributed by atoms with E-state index in [4.69, 9.17) is 16.7 Å². The number of rotatable bonds is 6. The summed E-state index contributed by atoms with van der Waals surface area (Å²) in [5.74, 6) is -0.174. The summed E-state index contributed by atoms with van der Waals surface area (Å²) in [6.07, 6.45) is 2.02. The van der Waals surface area contributed by atoms with Crippen molar-refractivity contribution in [3.63, 3.8) is 0 Å². The maximum absolute atomic E-state index is 11.9. The van der Waals surface area contributed by atoms with E-state index in [1.165, 1.54) is 0 Å². The van der Waals surface area contributed by atoms with Crippen LogP contribution in [0.5, 0.6) is 0 Å². The largest absolute Gasteiger partial charge is 0.326 e. The van der Waals surface area contributed by atoms with Crippen molar-refractivity contribution >= 4 is 33.2 Å². The van der Waals surface area contributed by atoms with Crippen molar-refractivity contribution < 1.29 is 13.2 Å². The minimum atomic E-state index is -3.49. The Balaban J connectivity index is 1.83. The first-order valence-electron chi connectivity index (χ1n) is 7.13. The van der Waals surface area contributed by atoms with Gasteiger partial charge in [-0.25, -0.2) is 13.6 Å². The first-order valence-corrected chi connectivity index (χ1v) is 9.23. The Hall–Kier alpha value is -1.15. The summed E-state index contributed by atoms with van der Waals surface area (Å²) < 4.78 is 22.4. The fraction of sp³-hybridized carbons (Fsp3) is 0.500. The summed E-state index contributed by atoms with van der Waals surface area (Å²) >= 11 is 5.86. The van der Waals surface area contributed by atoms with Gasteiger partial charge in [-0.1, -0.05) is 17.7 Å². The Kier molecular flexibility index (Phi) is 5.80. The highest BCUT2D eigenvalue weighted by Crippen LogP contribution is 2.19. The van der Waals surface area contributed by atoms with E-state index in [1.54, 1.807) is 24.3 Å². The first kappa shape index (κ1) is 17.2. The van der Waals surface area contributed by atoms with Crippen LogP contribution in [0.15, 0.2) is 24.3 Å². The molecule has 0 aliphatic carbocycles. The van der Waals surface area contributed by atoms with E-state index in [0.717, 1.165) is 19.4 Å². The second-order valence-electron chi connectivity index (χ2n) is 5.47. The molecule has 0 bridgehead atoms. The summed E-state index contributed by atoms with van der Waals surface area (Å²) in [6.45, 7) is 1.32. The molecule has 1 aliphatic heterocycles. The maximum atomic E-state index is 11.9. The van der Waals surface area contributed by atoms with Gasteiger partial charge in [-0.3, -0.25) is 9.69 Å². The van der Waals surface area contributed by atoms with Crippen molar-refractivity contribution in [3.05, 3.63) is 29.3 Å². The second-order valence-corrected chi connectivity index (χ2v) is 7.57. The predicted molar refractivity (Wildman–Crippen MR) is 87.3 cm³/mol. The number of hydrogen-bond acceptors (Lipinski definition) is 4. The van der Waals surface area contributed by atoms with Gasteiger partial charge in [-0.15, -0.1) is 0 Å². The molecule has 122 valence electrons. The summed E-state index contributed by atoms with van der Waals surface area (Å²) in [7, 11) is -3.49. The Labute approximate surface area is 135 Å². The van der Waals surface area contributed by atoms with E-state index in [1.807, 2.05) is 4.90 Å². The fourth-order valence-electron chi connectivity index (χ4n) is 2.68. The number of likely N-dealkylation sites (tertiary alicyclic amines) is 1. The van der Waals surface area contributed by atoms with Crippen LogP contribution in [0, 0.1) is 0 Å². The Morgan fingerprint density at radius 1 is 1.45 bits per heavy atom. The third kappa shape index (κ3) is 5.57. The number of nitrogens with zero attached hydrogens (tertiary/aromatic N) is 1. The van der Waals surface area contributed by atoms with E-state index in [-0.39, 0.29) is 17.7 Å². The molecule has 0 radical (unpaired) electrons. The van der Waals surface area contributed by atoms with Gasteiger partial charge in [0.15, 0.2) is 0 Å². The van der Waals surface area contributed by atoms with Crippen molar-refractivity contribution in [1.82, 2.24) is 4.90 Å². The number of halogens is 1. The van der Waals surface area contributed by atoms with Crippen LogP contribution in [0.1, 0.15) is 19.3 Å². The third-order valence-electron chi connectivity index (χ3n) is 3.66. The number of anilines is 1. The number of carbonyl (C=O) groups is 1. The molecule has 2 rings (SSSR count). The van der Waals surface area contributed by atoms with Crippen molar-refractivity contribution in [3.8, 4) is 0 Å². The van der Waals surface area contributed by atoms with Crippen LogP contribution in [0.25, 0.3) is 0 Å². The quantitative estimate of drug-likeness (QED) is 0.815. The molecule has 0 saturated carbocycles. The minimum absolute atomic E-state index is 0.0527. The van der Waals surface area contributed by atoms with Gasteiger partial charge in [0.1, 0.15) is 0 Å². The molecule has 22 heavy (non-hydrogen) atoms. The molecule has 1 unspecified atom stereocenters. The molecule has 6 nitrogen and oxygen atoms in total. The monoisotopic (exact) mass is 345 g/mol. The van der Waals surface area contributed by atoms with E-state index in [9.17, 15) is 13.2 Å². The highest BCUT2D eigenvalue weighted by atomic mass is 35.5. The van der Waals surface area contributed by atoms with Crippen molar-refractivity contribution in [2.24, 2.45) is 5.14 Å². The average Bonchev–Trinajstić information content (AvgIpc) is 2.81. The molecule has 1 amide bonds. The predicted octanol–water partition coefficient (Wildman–Crippen LogP) is 1.42. The van der Waals surface area contributed by atoms with Gasteiger partial charge < -0.3 is 5.32 Å². The third-order valence-corrected chi connectivity index (χ3v) is 4.74. The van der Waals surface area contributed by atoms with E-state index >= 15 is 0 Å². The topological polar surface area (TPSA) is 92.5 Å². The van der Waals surface area contributed by atoms with Crippen LogP contribution in [-0.4, -0.2) is 44.1 Å². The molecule has 1 fully saturated rings. The summed E-state index contributed by atoms with van der Waals surface area (Å²) in [6, 6.07) is 6.86. The van der Waals surface area contributed by atoms with Crippen LogP contribution in [0.4, 0.5) is 5.69 Å². The van der Waals surface area contributed by atoms with Crippen LogP contribution in [0.3, 0.4) is 0 Å². The highest BCUT2D eigenvalue weighted by molar-refractivity contribution is 7.89. The second kappa shape index (κ2) is 7.41. The molecule has 1 heterocycles. The maximum Gasteiger partial charge on any atom is 0.225 e. The van der Waals surface area contributed by atoms with Gasteiger partial charge in [0.05, 0.1) is 5.75 Å². The molecule has 0 spiro atoms. The van der Waals surface area contributed by atoms with Crippen molar-refractivity contribution in [2.45, 2.75) is 25.3 Å². The molecule has 1 aromatic rings. The van der Waals surface area contributed by atoms with Gasteiger partial charge in [-0.2, -0.15) is 0 Å². The highest BCUT2D eigenvalue weighted by Gasteiger charge is 2.27. The summed E-state index contributed by atoms with van der Waals surface area (Å²) in [5.41, 5.74) is 0.653. The summed E-state index contributed by atoms with van der Waals surface area (Å²) in [4.78, 5) is 14.0. The lowest BCUT2D eigenvalue weighted by Crippen LogP contribution is -2.38. The lowest BCUT2D eigenvalue weighted by atomic mass is 10.2. The average molecular weight is 346 g/mol. The molecular weight excluding hydrogens is 326 g/mol. The number of nitrogens with two attached hydrogens (primary N) is 1. The lowest BCUT2D eigenvalue weighted by Gasteiger charge is -2.23. The van der Waals surface area contributed by atoms with E-state index in [0.29, 0.717) is 23.7 Å². The molecule has 0 aromatic heterocycles. The zero-order chi connectivity index (χ0) is 16.2. The van der Waals surface area contributed by atoms with Gasteiger partial charge in [-0.05, 0) is 37.6 Å². The van der Waals surface area contributed by atoms with Gasteiger partial charge in [0, 0.05) is 29.7 Å². The van der Waals surface area contributed by atoms with E-state index < -0.39 is 10.0 Å². The van der Waals surface area contributed by atoms with Crippen molar-refractivity contribution in [1.29, 1.82) is 0 Å². The number of nitrogens with one attached hydrogen (secondary N) is 1. The Morgan fingerprint density at radius 2 is 2.23 bits per heavy atom. The number of amides is 1.